The van der Waals surface area contributed by atoms with E-state index >= 15 is 0 Å². The fourth-order valence-electron chi connectivity index (χ4n) is 2.32. The number of ether oxygens (including phenoxy) is 2. The van der Waals surface area contributed by atoms with Crippen LogP contribution in [0.15, 0.2) is 24.3 Å². The van der Waals surface area contributed by atoms with E-state index in [4.69, 9.17) is 9.47 Å². The van der Waals surface area contributed by atoms with E-state index in [2.05, 4.69) is 12.2 Å². The van der Waals surface area contributed by atoms with Crippen LogP contribution in [0.1, 0.15) is 44.6 Å². The average Bonchev–Trinajstić information content (AvgIpc) is 2.61. The van der Waals surface area contributed by atoms with Crippen LogP contribution in [-0.2, 0) is 16.0 Å². The summed E-state index contributed by atoms with van der Waals surface area (Å²) in [6.45, 7) is 2.96. The predicted molar refractivity (Wildman–Crippen MR) is 95.3 cm³/mol. The molecule has 136 valence electrons. The molecular formula is C19H31NO4. The van der Waals surface area contributed by atoms with Gasteiger partial charge in [-0.25, -0.2) is 0 Å². The molecule has 2 N–H and O–H groups in total. The molecule has 0 saturated carbocycles. The minimum Gasteiger partial charge on any atom is -0.491 e. The van der Waals surface area contributed by atoms with Gasteiger partial charge in [-0.3, -0.25) is 4.79 Å². The molecule has 5 heteroatoms. The van der Waals surface area contributed by atoms with Crippen LogP contribution in [-0.4, -0.2) is 44.0 Å². The fraction of sp³-hybridized carbons (Fsp3) is 0.632. The second-order valence-corrected chi connectivity index (χ2v) is 5.96. The standard InChI is InChI=1S/C19H31NO4/c1-3-4-5-6-7-19(22)20-17(14-21)15-24-18-10-8-16(9-11-18)12-13-23-2/h8-11,17,21H,3-7,12-15H2,1-2H3,(H,20,22)/t17-/m0/s1. The van der Waals surface area contributed by atoms with Gasteiger partial charge in [0.25, 0.3) is 0 Å². The van der Waals surface area contributed by atoms with E-state index < -0.39 is 0 Å². The lowest BCUT2D eigenvalue weighted by Gasteiger charge is -2.17. The molecule has 1 atom stereocenters. The van der Waals surface area contributed by atoms with Gasteiger partial charge >= 0.3 is 0 Å². The van der Waals surface area contributed by atoms with Gasteiger partial charge in [-0.15, -0.1) is 0 Å². The Balaban J connectivity index is 2.30. The number of hydrogen-bond donors (Lipinski definition) is 2. The lowest BCUT2D eigenvalue weighted by molar-refractivity contribution is -0.122. The Labute approximate surface area is 145 Å². The number of methoxy groups -OCH3 is 1. The second kappa shape index (κ2) is 12.8. The summed E-state index contributed by atoms with van der Waals surface area (Å²) in [4.78, 5) is 11.8. The van der Waals surface area contributed by atoms with Crippen molar-refractivity contribution in [1.29, 1.82) is 0 Å². The first kappa shape index (κ1) is 20.5. The molecule has 0 heterocycles. The number of aliphatic hydroxyl groups excluding tert-OH is 1. The third kappa shape index (κ3) is 8.89. The molecule has 0 unspecified atom stereocenters. The van der Waals surface area contributed by atoms with Crippen molar-refractivity contribution in [3.8, 4) is 5.75 Å². The Kier molecular flexibility index (Phi) is 10.9. The molecule has 0 saturated heterocycles. The topological polar surface area (TPSA) is 67.8 Å². The van der Waals surface area contributed by atoms with Gasteiger partial charge in [0.05, 0.1) is 19.3 Å². The summed E-state index contributed by atoms with van der Waals surface area (Å²) >= 11 is 0. The highest BCUT2D eigenvalue weighted by Crippen LogP contribution is 2.13. The Morgan fingerprint density at radius 1 is 1.21 bits per heavy atom. The van der Waals surface area contributed by atoms with Gasteiger partial charge in [0.15, 0.2) is 0 Å². The van der Waals surface area contributed by atoms with Gasteiger partial charge in [-0.05, 0) is 30.5 Å². The number of unbranched alkanes of at least 4 members (excludes halogenated alkanes) is 3. The third-order valence-corrected chi connectivity index (χ3v) is 3.81. The number of amides is 1. The highest BCUT2D eigenvalue weighted by atomic mass is 16.5. The summed E-state index contributed by atoms with van der Waals surface area (Å²) in [5.74, 6) is 0.704. The molecule has 0 spiro atoms. The van der Waals surface area contributed by atoms with Gasteiger partial charge in [0, 0.05) is 13.5 Å². The van der Waals surface area contributed by atoms with Gasteiger partial charge in [0.1, 0.15) is 12.4 Å². The van der Waals surface area contributed by atoms with Crippen LogP contribution in [0.25, 0.3) is 0 Å². The van der Waals surface area contributed by atoms with Gasteiger partial charge in [0.2, 0.25) is 5.91 Å². The Morgan fingerprint density at radius 2 is 1.96 bits per heavy atom. The molecule has 1 aromatic rings. The number of hydrogen-bond acceptors (Lipinski definition) is 4. The Hall–Kier alpha value is -1.59. The highest BCUT2D eigenvalue weighted by Gasteiger charge is 2.12. The van der Waals surface area contributed by atoms with E-state index in [0.717, 1.165) is 37.9 Å². The molecule has 0 aromatic heterocycles. The molecule has 1 amide bonds. The summed E-state index contributed by atoms with van der Waals surface area (Å²) in [7, 11) is 1.69. The van der Waals surface area contributed by atoms with Crippen LogP contribution < -0.4 is 10.1 Å². The zero-order valence-corrected chi connectivity index (χ0v) is 14.9. The van der Waals surface area contributed by atoms with Crippen molar-refractivity contribution in [2.45, 2.75) is 51.5 Å². The largest absolute Gasteiger partial charge is 0.491 e. The Morgan fingerprint density at radius 3 is 2.58 bits per heavy atom. The van der Waals surface area contributed by atoms with Gasteiger partial charge in [-0.2, -0.15) is 0 Å². The molecular weight excluding hydrogens is 306 g/mol. The molecule has 24 heavy (non-hydrogen) atoms. The minimum atomic E-state index is -0.378. The lowest BCUT2D eigenvalue weighted by atomic mass is 10.1. The molecule has 0 aliphatic heterocycles. The summed E-state index contributed by atoms with van der Waals surface area (Å²) < 4.78 is 10.7. The van der Waals surface area contributed by atoms with Crippen LogP contribution >= 0.6 is 0 Å². The van der Waals surface area contributed by atoms with Crippen molar-refractivity contribution >= 4 is 5.91 Å². The molecule has 1 aromatic carbocycles. The van der Waals surface area contributed by atoms with Gasteiger partial charge < -0.3 is 19.9 Å². The van der Waals surface area contributed by atoms with Crippen molar-refractivity contribution < 1.29 is 19.4 Å². The summed E-state index contributed by atoms with van der Waals surface area (Å²) in [5.41, 5.74) is 1.18. The van der Waals surface area contributed by atoms with E-state index in [-0.39, 0.29) is 25.2 Å². The number of carbonyl (C=O) groups excluding carboxylic acids is 1. The maximum absolute atomic E-state index is 11.8. The third-order valence-electron chi connectivity index (χ3n) is 3.81. The molecule has 5 nitrogen and oxygen atoms in total. The predicted octanol–water partition coefficient (Wildman–Crippen LogP) is 2.70. The smallest absolute Gasteiger partial charge is 0.220 e. The monoisotopic (exact) mass is 337 g/mol. The molecule has 0 radical (unpaired) electrons. The normalized spacial score (nSPS) is 12.0. The molecule has 0 aliphatic carbocycles. The van der Waals surface area contributed by atoms with Crippen molar-refractivity contribution in [3.63, 3.8) is 0 Å². The maximum atomic E-state index is 11.8. The van der Waals surface area contributed by atoms with Crippen molar-refractivity contribution in [2.75, 3.05) is 26.9 Å². The number of nitrogens with one attached hydrogen (secondary N) is 1. The summed E-state index contributed by atoms with van der Waals surface area (Å²) in [6.07, 6.45) is 5.63. The first-order valence-corrected chi connectivity index (χ1v) is 8.80. The fourth-order valence-corrected chi connectivity index (χ4v) is 2.32. The number of rotatable bonds is 13. The lowest BCUT2D eigenvalue weighted by Crippen LogP contribution is -2.41. The highest BCUT2D eigenvalue weighted by molar-refractivity contribution is 5.76. The SMILES string of the molecule is CCCCCCC(=O)N[C@@H](CO)COc1ccc(CCOC)cc1. The van der Waals surface area contributed by atoms with E-state index in [1.807, 2.05) is 24.3 Å². The number of carbonyl (C=O) groups is 1. The van der Waals surface area contributed by atoms with Crippen molar-refractivity contribution in [3.05, 3.63) is 29.8 Å². The van der Waals surface area contributed by atoms with Crippen LogP contribution in [0, 0.1) is 0 Å². The molecule has 1 rings (SSSR count). The summed E-state index contributed by atoms with van der Waals surface area (Å²) in [6, 6.07) is 7.40. The van der Waals surface area contributed by atoms with Crippen LogP contribution in [0.2, 0.25) is 0 Å². The van der Waals surface area contributed by atoms with Gasteiger partial charge in [-0.1, -0.05) is 38.3 Å². The number of benzene rings is 1. The molecule has 0 fully saturated rings. The quantitative estimate of drug-likeness (QED) is 0.543. The van der Waals surface area contributed by atoms with Crippen LogP contribution in [0.5, 0.6) is 5.75 Å². The number of aliphatic hydroxyl groups is 1. The van der Waals surface area contributed by atoms with Crippen LogP contribution in [0.3, 0.4) is 0 Å². The van der Waals surface area contributed by atoms with E-state index in [0.29, 0.717) is 13.0 Å². The van der Waals surface area contributed by atoms with Crippen molar-refractivity contribution in [2.24, 2.45) is 0 Å². The average molecular weight is 337 g/mol. The van der Waals surface area contributed by atoms with E-state index in [1.54, 1.807) is 7.11 Å². The zero-order chi connectivity index (χ0) is 17.6. The van der Waals surface area contributed by atoms with E-state index in [1.165, 1.54) is 5.56 Å². The molecule has 0 bridgehead atoms. The van der Waals surface area contributed by atoms with E-state index in [9.17, 15) is 9.90 Å². The second-order valence-electron chi connectivity index (χ2n) is 5.96. The maximum Gasteiger partial charge on any atom is 0.220 e. The summed E-state index contributed by atoms with van der Waals surface area (Å²) in [5, 5.41) is 12.2. The zero-order valence-electron chi connectivity index (χ0n) is 14.9. The van der Waals surface area contributed by atoms with Crippen LogP contribution in [0.4, 0.5) is 0 Å². The first-order chi connectivity index (χ1) is 11.7. The Bertz CT molecular complexity index is 447. The minimum absolute atomic E-state index is 0.0244. The van der Waals surface area contributed by atoms with Crippen molar-refractivity contribution in [1.82, 2.24) is 5.32 Å². The first-order valence-electron chi connectivity index (χ1n) is 8.80. The molecule has 0 aliphatic rings.